The van der Waals surface area contributed by atoms with Crippen LogP contribution in [0.1, 0.15) is 24.3 Å². The van der Waals surface area contributed by atoms with Crippen molar-refractivity contribution in [3.8, 4) is 5.75 Å². The number of methoxy groups -OCH3 is 1. The molecule has 6 nitrogen and oxygen atoms in total. The van der Waals surface area contributed by atoms with Crippen molar-refractivity contribution < 1.29 is 14.3 Å². The Morgan fingerprint density at radius 1 is 1.19 bits per heavy atom. The Hall–Kier alpha value is -3.12. The SMILES string of the molecule is COc1ccc2nc(Cl)c([C@@H]3OC(c4ccccc4)=NN3C(C)=O)cc2c1. The summed E-state index contributed by atoms with van der Waals surface area (Å²) in [5, 5.41) is 6.70. The Balaban J connectivity index is 1.77. The molecule has 0 unspecified atom stereocenters. The molecule has 0 saturated heterocycles. The first-order chi connectivity index (χ1) is 13.1. The van der Waals surface area contributed by atoms with Gasteiger partial charge in [-0.05, 0) is 36.4 Å². The van der Waals surface area contributed by atoms with E-state index in [1.165, 1.54) is 11.9 Å². The summed E-state index contributed by atoms with van der Waals surface area (Å²) in [6.07, 6.45) is -0.784. The predicted molar refractivity (Wildman–Crippen MR) is 103 cm³/mol. The molecule has 7 heteroatoms. The van der Waals surface area contributed by atoms with Crippen LogP contribution in [0.4, 0.5) is 0 Å². The van der Waals surface area contributed by atoms with E-state index in [0.717, 1.165) is 16.5 Å². The lowest BCUT2D eigenvalue weighted by atomic mass is 10.1. The summed E-state index contributed by atoms with van der Waals surface area (Å²) in [6.45, 7) is 1.43. The molecule has 0 N–H and O–H groups in total. The van der Waals surface area contributed by atoms with Crippen molar-refractivity contribution in [2.75, 3.05) is 7.11 Å². The van der Waals surface area contributed by atoms with Crippen LogP contribution < -0.4 is 4.74 Å². The number of rotatable bonds is 3. The van der Waals surface area contributed by atoms with E-state index in [1.54, 1.807) is 7.11 Å². The highest BCUT2D eigenvalue weighted by atomic mass is 35.5. The van der Waals surface area contributed by atoms with Gasteiger partial charge in [-0.3, -0.25) is 4.79 Å². The summed E-state index contributed by atoms with van der Waals surface area (Å²) in [6, 6.07) is 16.7. The van der Waals surface area contributed by atoms with Gasteiger partial charge in [0.15, 0.2) is 0 Å². The predicted octanol–water partition coefficient (Wildman–Crippen LogP) is 4.14. The number of hydrazone groups is 1. The molecule has 0 saturated carbocycles. The Labute approximate surface area is 161 Å². The van der Waals surface area contributed by atoms with Crippen molar-refractivity contribution >= 4 is 34.3 Å². The van der Waals surface area contributed by atoms with E-state index in [2.05, 4.69) is 10.1 Å². The summed E-state index contributed by atoms with van der Waals surface area (Å²) in [7, 11) is 1.60. The molecule has 0 aliphatic carbocycles. The van der Waals surface area contributed by atoms with Crippen LogP contribution in [-0.4, -0.2) is 28.9 Å². The Kier molecular flexibility index (Phi) is 4.41. The normalized spacial score (nSPS) is 16.2. The number of carbonyl (C=O) groups excluding carboxylic acids is 1. The maximum Gasteiger partial charge on any atom is 0.243 e. The quantitative estimate of drug-likeness (QED) is 0.640. The fourth-order valence-electron chi connectivity index (χ4n) is 2.91. The van der Waals surface area contributed by atoms with E-state index < -0.39 is 6.23 Å². The maximum absolute atomic E-state index is 12.1. The van der Waals surface area contributed by atoms with Gasteiger partial charge in [-0.2, -0.15) is 5.01 Å². The molecular weight excluding hydrogens is 366 g/mol. The minimum atomic E-state index is -0.784. The zero-order valence-electron chi connectivity index (χ0n) is 14.7. The van der Waals surface area contributed by atoms with Crippen molar-refractivity contribution in [3.05, 3.63) is 70.9 Å². The third-order valence-corrected chi connectivity index (χ3v) is 4.56. The van der Waals surface area contributed by atoms with Crippen LogP contribution in [0, 0.1) is 0 Å². The first-order valence-electron chi connectivity index (χ1n) is 8.31. The maximum atomic E-state index is 12.1. The lowest BCUT2D eigenvalue weighted by Gasteiger charge is -2.20. The molecular formula is C20H16ClN3O3. The van der Waals surface area contributed by atoms with E-state index in [9.17, 15) is 4.79 Å². The van der Waals surface area contributed by atoms with Gasteiger partial charge >= 0.3 is 0 Å². The van der Waals surface area contributed by atoms with Gasteiger partial charge < -0.3 is 9.47 Å². The third kappa shape index (κ3) is 3.19. The number of benzene rings is 2. The Bertz CT molecular complexity index is 1050. The van der Waals surface area contributed by atoms with Crippen LogP contribution in [0.2, 0.25) is 5.15 Å². The molecule has 2 heterocycles. The number of aromatic nitrogens is 1. The second-order valence-corrected chi connectivity index (χ2v) is 6.39. The number of amides is 1. The summed E-state index contributed by atoms with van der Waals surface area (Å²) in [5.41, 5.74) is 2.06. The van der Waals surface area contributed by atoms with Crippen LogP contribution in [0.3, 0.4) is 0 Å². The Morgan fingerprint density at radius 2 is 1.96 bits per heavy atom. The first kappa shape index (κ1) is 17.3. The fraction of sp³-hybridized carbons (Fsp3) is 0.150. The first-order valence-corrected chi connectivity index (χ1v) is 8.69. The molecule has 0 spiro atoms. The van der Waals surface area contributed by atoms with Gasteiger partial charge in [0.1, 0.15) is 10.9 Å². The Morgan fingerprint density at radius 3 is 2.67 bits per heavy atom. The van der Waals surface area contributed by atoms with Crippen molar-refractivity contribution in [1.82, 2.24) is 9.99 Å². The molecule has 1 aliphatic rings. The van der Waals surface area contributed by atoms with Crippen molar-refractivity contribution in [1.29, 1.82) is 0 Å². The highest BCUT2D eigenvalue weighted by Crippen LogP contribution is 2.35. The fourth-order valence-corrected chi connectivity index (χ4v) is 3.15. The number of fused-ring (bicyclic) bond motifs is 1. The van der Waals surface area contributed by atoms with E-state index in [4.69, 9.17) is 21.1 Å². The van der Waals surface area contributed by atoms with Crippen LogP contribution in [0.25, 0.3) is 10.9 Å². The lowest BCUT2D eigenvalue weighted by Crippen LogP contribution is -2.25. The second-order valence-electron chi connectivity index (χ2n) is 6.03. The molecule has 1 aromatic heterocycles. The van der Waals surface area contributed by atoms with E-state index in [1.807, 2.05) is 54.6 Å². The molecule has 1 aliphatic heterocycles. The zero-order chi connectivity index (χ0) is 19.0. The van der Waals surface area contributed by atoms with Crippen LogP contribution in [-0.2, 0) is 9.53 Å². The highest BCUT2D eigenvalue weighted by Gasteiger charge is 2.35. The van der Waals surface area contributed by atoms with Crippen molar-refractivity contribution in [2.24, 2.45) is 5.10 Å². The lowest BCUT2D eigenvalue weighted by molar-refractivity contribution is -0.135. The molecule has 0 radical (unpaired) electrons. The molecule has 4 rings (SSSR count). The van der Waals surface area contributed by atoms with Crippen LogP contribution >= 0.6 is 11.6 Å². The average Bonchev–Trinajstić information content (AvgIpc) is 3.13. The van der Waals surface area contributed by atoms with Gasteiger partial charge in [0, 0.05) is 17.9 Å². The summed E-state index contributed by atoms with van der Waals surface area (Å²) >= 11 is 6.41. The summed E-state index contributed by atoms with van der Waals surface area (Å²) in [5.74, 6) is 0.805. The van der Waals surface area contributed by atoms with Gasteiger partial charge in [0.25, 0.3) is 0 Å². The van der Waals surface area contributed by atoms with Crippen molar-refractivity contribution in [3.63, 3.8) is 0 Å². The van der Waals surface area contributed by atoms with Gasteiger partial charge in [0.05, 0.1) is 18.2 Å². The number of halogens is 1. The van der Waals surface area contributed by atoms with Gasteiger partial charge in [-0.15, -0.1) is 5.10 Å². The van der Waals surface area contributed by atoms with Crippen molar-refractivity contribution in [2.45, 2.75) is 13.2 Å². The number of nitrogens with zero attached hydrogens (tertiary/aromatic N) is 3. The third-order valence-electron chi connectivity index (χ3n) is 4.26. The van der Waals surface area contributed by atoms with E-state index >= 15 is 0 Å². The van der Waals surface area contributed by atoms with E-state index in [0.29, 0.717) is 17.2 Å². The van der Waals surface area contributed by atoms with Gasteiger partial charge in [0.2, 0.25) is 18.0 Å². The molecule has 1 atom stereocenters. The average molecular weight is 382 g/mol. The minimum Gasteiger partial charge on any atom is -0.497 e. The molecule has 27 heavy (non-hydrogen) atoms. The summed E-state index contributed by atoms with van der Waals surface area (Å²) in [4.78, 5) is 16.6. The number of hydrogen-bond donors (Lipinski definition) is 0. The van der Waals surface area contributed by atoms with Crippen LogP contribution in [0.5, 0.6) is 5.75 Å². The molecule has 136 valence electrons. The number of carbonyl (C=O) groups is 1. The molecule has 3 aromatic rings. The standard InChI is InChI=1S/C20H16ClN3O3/c1-12(25)24-20(27-19(23-24)13-6-4-3-5-7-13)16-11-14-10-15(26-2)8-9-17(14)22-18(16)21/h3-11,20H,1-2H3/t20-/m0/s1. The van der Waals surface area contributed by atoms with Gasteiger partial charge in [-0.1, -0.05) is 29.8 Å². The number of ether oxygens (including phenoxy) is 2. The largest absolute Gasteiger partial charge is 0.497 e. The van der Waals surface area contributed by atoms with E-state index in [-0.39, 0.29) is 11.1 Å². The monoisotopic (exact) mass is 381 g/mol. The second kappa shape index (κ2) is 6.89. The zero-order valence-corrected chi connectivity index (χ0v) is 15.5. The summed E-state index contributed by atoms with van der Waals surface area (Å²) < 4.78 is 11.3. The number of hydrogen-bond acceptors (Lipinski definition) is 5. The van der Waals surface area contributed by atoms with Gasteiger partial charge in [-0.25, -0.2) is 4.98 Å². The molecule has 1 amide bonds. The molecule has 0 fully saturated rings. The number of pyridine rings is 1. The molecule has 0 bridgehead atoms. The topological polar surface area (TPSA) is 64.0 Å². The molecule has 2 aromatic carbocycles. The van der Waals surface area contributed by atoms with Crippen LogP contribution in [0.15, 0.2) is 59.7 Å². The minimum absolute atomic E-state index is 0.257. The highest BCUT2D eigenvalue weighted by molar-refractivity contribution is 6.30. The smallest absolute Gasteiger partial charge is 0.243 e.